The van der Waals surface area contributed by atoms with Crippen LogP contribution in [-0.4, -0.2) is 41.1 Å². The molecule has 0 spiro atoms. The Hall–Kier alpha value is -1.39. The van der Waals surface area contributed by atoms with E-state index in [1.807, 2.05) is 4.90 Å². The molecule has 0 aliphatic carbocycles. The average molecular weight is 318 g/mol. The Morgan fingerprint density at radius 3 is 2.39 bits per heavy atom. The predicted molar refractivity (Wildman–Crippen MR) is 93.2 cm³/mol. The van der Waals surface area contributed by atoms with Crippen LogP contribution in [0.1, 0.15) is 50.2 Å². The molecule has 1 heterocycles. The third-order valence-electron chi connectivity index (χ3n) is 4.85. The van der Waals surface area contributed by atoms with Crippen LogP contribution in [0, 0.1) is 0 Å². The Kier molecular flexibility index (Phi) is 6.60. The van der Waals surface area contributed by atoms with Crippen molar-refractivity contribution in [2.75, 3.05) is 19.6 Å². The number of likely N-dealkylation sites (tertiary alicyclic amines) is 1. The van der Waals surface area contributed by atoms with E-state index in [0.29, 0.717) is 45.3 Å². The zero-order valence-electron chi connectivity index (χ0n) is 14.3. The maximum atomic E-state index is 12.4. The maximum absolute atomic E-state index is 12.4. The number of benzene rings is 1. The van der Waals surface area contributed by atoms with E-state index < -0.39 is 5.60 Å². The number of hydrogen-bond acceptors (Lipinski definition) is 3. The van der Waals surface area contributed by atoms with Crippen molar-refractivity contribution in [2.45, 2.75) is 57.5 Å². The van der Waals surface area contributed by atoms with Crippen molar-refractivity contribution in [2.24, 2.45) is 5.73 Å². The zero-order chi connectivity index (χ0) is 16.7. The Morgan fingerprint density at radius 1 is 1.22 bits per heavy atom. The fourth-order valence-electron chi connectivity index (χ4n) is 3.18. The van der Waals surface area contributed by atoms with Crippen molar-refractivity contribution in [3.63, 3.8) is 0 Å². The van der Waals surface area contributed by atoms with E-state index in [1.165, 1.54) is 18.4 Å². The van der Waals surface area contributed by atoms with Gasteiger partial charge in [-0.1, -0.05) is 37.6 Å². The topological polar surface area (TPSA) is 66.6 Å². The van der Waals surface area contributed by atoms with Gasteiger partial charge in [-0.2, -0.15) is 0 Å². The van der Waals surface area contributed by atoms with Gasteiger partial charge < -0.3 is 15.7 Å². The third kappa shape index (κ3) is 5.33. The number of hydrogen-bond donors (Lipinski definition) is 2. The number of nitrogens with two attached hydrogens (primary N) is 1. The highest BCUT2D eigenvalue weighted by molar-refractivity contribution is 5.78. The number of unbranched alkanes of at least 4 members (excludes halogenated alkanes) is 1. The molecule has 3 N–H and O–H groups in total. The molecule has 2 rings (SSSR count). The van der Waals surface area contributed by atoms with Gasteiger partial charge in [-0.05, 0) is 49.8 Å². The predicted octanol–water partition coefficient (Wildman–Crippen LogP) is 2.27. The molecule has 0 radical (unpaired) electrons. The van der Waals surface area contributed by atoms with Crippen molar-refractivity contribution in [1.82, 2.24) is 4.90 Å². The Labute approximate surface area is 139 Å². The standard InChI is InChI=1S/C19H30N2O2/c1-2-3-4-16-5-7-17(8-6-16)15-18(22)21-13-10-19(23,9-12-20)11-14-21/h5-8,23H,2-4,9-15,20H2,1H3. The molecule has 0 bridgehead atoms. The Balaban J connectivity index is 1.83. The molecule has 1 fully saturated rings. The molecule has 1 aliphatic heterocycles. The third-order valence-corrected chi connectivity index (χ3v) is 4.85. The van der Waals surface area contributed by atoms with Crippen molar-refractivity contribution in [3.05, 3.63) is 35.4 Å². The highest BCUT2D eigenvalue weighted by Gasteiger charge is 2.32. The second-order valence-corrected chi connectivity index (χ2v) is 6.74. The van der Waals surface area contributed by atoms with Crippen LogP contribution < -0.4 is 5.73 Å². The molecule has 4 nitrogen and oxygen atoms in total. The van der Waals surface area contributed by atoms with Crippen LogP contribution >= 0.6 is 0 Å². The fourth-order valence-corrected chi connectivity index (χ4v) is 3.18. The molecule has 4 heteroatoms. The summed E-state index contributed by atoms with van der Waals surface area (Å²) in [7, 11) is 0. The molecule has 1 saturated heterocycles. The number of carbonyl (C=O) groups excluding carboxylic acids is 1. The van der Waals surface area contributed by atoms with E-state index in [-0.39, 0.29) is 5.91 Å². The molecule has 0 atom stereocenters. The Bertz CT molecular complexity index is 491. The summed E-state index contributed by atoms with van der Waals surface area (Å²) in [5.74, 6) is 0.154. The first kappa shape index (κ1) is 18.0. The van der Waals surface area contributed by atoms with E-state index in [9.17, 15) is 9.90 Å². The van der Waals surface area contributed by atoms with Crippen LogP contribution in [0.25, 0.3) is 0 Å². The second kappa shape index (κ2) is 8.46. The van der Waals surface area contributed by atoms with Gasteiger partial charge in [-0.25, -0.2) is 0 Å². The van der Waals surface area contributed by atoms with Crippen molar-refractivity contribution in [3.8, 4) is 0 Å². The summed E-state index contributed by atoms with van der Waals surface area (Å²) in [6.45, 7) is 3.95. The smallest absolute Gasteiger partial charge is 0.226 e. The van der Waals surface area contributed by atoms with Gasteiger partial charge in [0.05, 0.1) is 12.0 Å². The number of rotatable bonds is 7. The van der Waals surface area contributed by atoms with Crippen molar-refractivity contribution in [1.29, 1.82) is 0 Å². The molecule has 0 saturated carbocycles. The van der Waals surface area contributed by atoms with Gasteiger partial charge in [0.2, 0.25) is 5.91 Å². The molecule has 128 valence electrons. The summed E-state index contributed by atoms with van der Waals surface area (Å²) in [6.07, 6.45) is 5.84. The summed E-state index contributed by atoms with van der Waals surface area (Å²) in [6, 6.07) is 8.40. The minimum absolute atomic E-state index is 0.154. The number of piperidine rings is 1. The van der Waals surface area contributed by atoms with E-state index in [0.717, 1.165) is 12.0 Å². The van der Waals surface area contributed by atoms with Crippen LogP contribution in [-0.2, 0) is 17.6 Å². The number of amides is 1. The Morgan fingerprint density at radius 2 is 1.83 bits per heavy atom. The molecule has 1 aromatic rings. The van der Waals surface area contributed by atoms with Gasteiger partial charge in [0.15, 0.2) is 0 Å². The molecule has 0 aromatic heterocycles. The van der Waals surface area contributed by atoms with Crippen LogP contribution in [0.2, 0.25) is 0 Å². The van der Waals surface area contributed by atoms with E-state index >= 15 is 0 Å². The highest BCUT2D eigenvalue weighted by Crippen LogP contribution is 2.25. The van der Waals surface area contributed by atoms with Crippen LogP contribution in [0.5, 0.6) is 0 Å². The van der Waals surface area contributed by atoms with E-state index in [1.54, 1.807) is 0 Å². The van der Waals surface area contributed by atoms with Gasteiger partial charge in [0.1, 0.15) is 0 Å². The quantitative estimate of drug-likeness (QED) is 0.810. The largest absolute Gasteiger partial charge is 0.390 e. The number of aliphatic hydroxyl groups is 1. The van der Waals surface area contributed by atoms with Crippen LogP contribution in [0.15, 0.2) is 24.3 Å². The number of carbonyl (C=O) groups is 1. The lowest BCUT2D eigenvalue weighted by Gasteiger charge is -2.38. The molecule has 23 heavy (non-hydrogen) atoms. The summed E-state index contributed by atoms with van der Waals surface area (Å²) in [5.41, 5.74) is 7.28. The molecular weight excluding hydrogens is 288 g/mol. The van der Waals surface area contributed by atoms with Gasteiger partial charge >= 0.3 is 0 Å². The van der Waals surface area contributed by atoms with Gasteiger partial charge in [0, 0.05) is 13.1 Å². The van der Waals surface area contributed by atoms with Gasteiger partial charge in [-0.3, -0.25) is 4.79 Å². The summed E-state index contributed by atoms with van der Waals surface area (Å²) < 4.78 is 0. The number of aryl methyl sites for hydroxylation is 1. The molecular formula is C19H30N2O2. The SMILES string of the molecule is CCCCc1ccc(CC(=O)N2CCC(O)(CCN)CC2)cc1. The molecule has 1 amide bonds. The van der Waals surface area contributed by atoms with Crippen molar-refractivity contribution < 1.29 is 9.90 Å². The van der Waals surface area contributed by atoms with Crippen LogP contribution in [0.4, 0.5) is 0 Å². The highest BCUT2D eigenvalue weighted by atomic mass is 16.3. The van der Waals surface area contributed by atoms with Gasteiger partial charge in [0.25, 0.3) is 0 Å². The minimum Gasteiger partial charge on any atom is -0.390 e. The first-order chi connectivity index (χ1) is 11.1. The first-order valence-electron chi connectivity index (χ1n) is 8.84. The lowest BCUT2D eigenvalue weighted by Crippen LogP contribution is -2.47. The fraction of sp³-hybridized carbons (Fsp3) is 0.632. The molecule has 0 unspecified atom stereocenters. The first-order valence-corrected chi connectivity index (χ1v) is 8.84. The lowest BCUT2D eigenvalue weighted by atomic mass is 9.88. The minimum atomic E-state index is -0.674. The van der Waals surface area contributed by atoms with E-state index in [4.69, 9.17) is 5.73 Å². The summed E-state index contributed by atoms with van der Waals surface area (Å²) in [5, 5.41) is 10.3. The molecule has 1 aliphatic rings. The summed E-state index contributed by atoms with van der Waals surface area (Å²) >= 11 is 0. The van der Waals surface area contributed by atoms with Gasteiger partial charge in [-0.15, -0.1) is 0 Å². The lowest BCUT2D eigenvalue weighted by molar-refractivity contribution is -0.134. The van der Waals surface area contributed by atoms with E-state index in [2.05, 4.69) is 31.2 Å². The normalized spacial score (nSPS) is 17.3. The molecule has 1 aromatic carbocycles. The second-order valence-electron chi connectivity index (χ2n) is 6.74. The summed E-state index contributed by atoms with van der Waals surface area (Å²) in [4.78, 5) is 14.3. The van der Waals surface area contributed by atoms with Crippen LogP contribution in [0.3, 0.4) is 0 Å². The monoisotopic (exact) mass is 318 g/mol. The number of nitrogens with zero attached hydrogens (tertiary/aromatic N) is 1. The zero-order valence-corrected chi connectivity index (χ0v) is 14.3. The average Bonchev–Trinajstić information content (AvgIpc) is 2.55. The maximum Gasteiger partial charge on any atom is 0.226 e. The van der Waals surface area contributed by atoms with Crippen molar-refractivity contribution >= 4 is 5.91 Å².